The van der Waals surface area contributed by atoms with Crippen molar-refractivity contribution in [2.75, 3.05) is 13.1 Å². The lowest BCUT2D eigenvalue weighted by atomic mass is 10.0. The van der Waals surface area contributed by atoms with Crippen LogP contribution in [0.4, 0.5) is 10.5 Å². The van der Waals surface area contributed by atoms with Gasteiger partial charge in [-0.15, -0.1) is 0 Å². The smallest absolute Gasteiger partial charge is 0.410 e. The number of amides is 1. The number of nitro groups is 1. The number of likely N-dealkylation sites (tertiary alicyclic amines) is 1. The first kappa shape index (κ1) is 18.9. The number of pyridine rings is 1. The molecule has 1 aliphatic heterocycles. The first-order chi connectivity index (χ1) is 12.7. The van der Waals surface area contributed by atoms with Gasteiger partial charge in [0.1, 0.15) is 5.60 Å². The Hall–Kier alpha value is -2.90. The summed E-state index contributed by atoms with van der Waals surface area (Å²) >= 11 is 0. The van der Waals surface area contributed by atoms with E-state index >= 15 is 0 Å². The molecule has 27 heavy (non-hydrogen) atoms. The Kier molecular flexibility index (Phi) is 4.91. The van der Waals surface area contributed by atoms with Gasteiger partial charge in [0.25, 0.3) is 11.2 Å². The van der Waals surface area contributed by atoms with E-state index in [2.05, 4.69) is 0 Å². The number of fused-ring (bicyclic) bond motifs is 1. The summed E-state index contributed by atoms with van der Waals surface area (Å²) in [7, 11) is 0. The quantitative estimate of drug-likeness (QED) is 0.593. The number of carbonyl (C=O) groups excluding carboxylic acids is 1. The molecule has 1 aromatic carbocycles. The van der Waals surface area contributed by atoms with Gasteiger partial charge in [0, 0.05) is 31.4 Å². The van der Waals surface area contributed by atoms with Gasteiger partial charge >= 0.3 is 6.09 Å². The lowest BCUT2D eigenvalue weighted by Gasteiger charge is -2.34. The molecule has 0 unspecified atom stereocenters. The van der Waals surface area contributed by atoms with Crippen molar-refractivity contribution in [3.63, 3.8) is 0 Å². The molecule has 0 atom stereocenters. The van der Waals surface area contributed by atoms with Crippen LogP contribution in [0.25, 0.3) is 10.8 Å². The molecule has 0 spiro atoms. The van der Waals surface area contributed by atoms with Gasteiger partial charge in [-0.1, -0.05) is 6.07 Å². The number of non-ortho nitro benzene ring substituents is 1. The number of aromatic nitrogens is 1. The molecule has 1 fully saturated rings. The van der Waals surface area contributed by atoms with E-state index < -0.39 is 10.5 Å². The molecule has 1 amide bonds. The third kappa shape index (κ3) is 3.94. The maximum Gasteiger partial charge on any atom is 0.410 e. The highest BCUT2D eigenvalue weighted by atomic mass is 16.6. The summed E-state index contributed by atoms with van der Waals surface area (Å²) in [6.07, 6.45) is 2.52. The van der Waals surface area contributed by atoms with Gasteiger partial charge in [-0.3, -0.25) is 14.9 Å². The molecule has 1 aliphatic rings. The summed E-state index contributed by atoms with van der Waals surface area (Å²) in [5, 5.41) is 11.8. The third-order valence-electron chi connectivity index (χ3n) is 4.66. The summed E-state index contributed by atoms with van der Waals surface area (Å²) in [4.78, 5) is 37.3. The number of carbonyl (C=O) groups is 1. The Bertz CT molecular complexity index is 936. The van der Waals surface area contributed by atoms with Crippen molar-refractivity contribution >= 4 is 22.6 Å². The average molecular weight is 373 g/mol. The molecule has 0 radical (unpaired) electrons. The largest absolute Gasteiger partial charge is 0.444 e. The maximum absolute atomic E-state index is 12.8. The van der Waals surface area contributed by atoms with Crippen molar-refractivity contribution in [2.24, 2.45) is 0 Å². The second-order valence-electron chi connectivity index (χ2n) is 7.72. The number of nitro benzene ring substituents is 1. The van der Waals surface area contributed by atoms with Crippen molar-refractivity contribution < 1.29 is 14.5 Å². The Balaban J connectivity index is 1.80. The van der Waals surface area contributed by atoms with Crippen LogP contribution in [0, 0.1) is 10.1 Å². The van der Waals surface area contributed by atoms with Gasteiger partial charge in [0.15, 0.2) is 0 Å². The molecular weight excluding hydrogens is 350 g/mol. The lowest BCUT2D eigenvalue weighted by Crippen LogP contribution is -2.43. The number of benzene rings is 1. The van der Waals surface area contributed by atoms with Gasteiger partial charge < -0.3 is 14.2 Å². The highest BCUT2D eigenvalue weighted by molar-refractivity contribution is 5.89. The summed E-state index contributed by atoms with van der Waals surface area (Å²) < 4.78 is 7.01. The zero-order chi connectivity index (χ0) is 19.8. The maximum atomic E-state index is 12.8. The van der Waals surface area contributed by atoms with Crippen LogP contribution in [0.3, 0.4) is 0 Å². The van der Waals surface area contributed by atoms with E-state index in [0.717, 1.165) is 0 Å². The topological polar surface area (TPSA) is 94.7 Å². The molecule has 0 saturated carbocycles. The molecule has 2 heterocycles. The van der Waals surface area contributed by atoms with E-state index in [0.29, 0.717) is 36.7 Å². The molecule has 0 N–H and O–H groups in total. The fourth-order valence-electron chi connectivity index (χ4n) is 3.38. The van der Waals surface area contributed by atoms with Crippen LogP contribution in [0.1, 0.15) is 39.7 Å². The molecule has 0 bridgehead atoms. The number of piperidine rings is 1. The van der Waals surface area contributed by atoms with Gasteiger partial charge in [-0.25, -0.2) is 4.79 Å². The van der Waals surface area contributed by atoms with E-state index in [1.54, 1.807) is 27.8 Å². The van der Waals surface area contributed by atoms with Crippen molar-refractivity contribution in [1.29, 1.82) is 0 Å². The standard InChI is InChI=1S/C19H23N3O5/c1-19(2,3)27-18(24)20-10-7-13(8-11-20)21-12-9-14-15(17(21)23)5-4-6-16(14)22(25)26/h4-6,9,12-13H,7-8,10-11H2,1-3H3. The van der Waals surface area contributed by atoms with Crippen LogP contribution in [-0.2, 0) is 4.74 Å². The van der Waals surface area contributed by atoms with E-state index in [1.165, 1.54) is 12.1 Å². The van der Waals surface area contributed by atoms with E-state index in [-0.39, 0.29) is 23.4 Å². The predicted molar refractivity (Wildman–Crippen MR) is 101 cm³/mol. The fraction of sp³-hybridized carbons (Fsp3) is 0.474. The SMILES string of the molecule is CC(C)(C)OC(=O)N1CCC(n2ccc3c([N+](=O)[O-])cccc3c2=O)CC1. The number of nitrogens with zero attached hydrogens (tertiary/aromatic N) is 3. The molecule has 144 valence electrons. The van der Waals surface area contributed by atoms with E-state index in [9.17, 15) is 19.7 Å². The van der Waals surface area contributed by atoms with Gasteiger partial charge in [0.2, 0.25) is 0 Å². The molecular formula is C19H23N3O5. The van der Waals surface area contributed by atoms with Gasteiger partial charge in [-0.2, -0.15) is 0 Å². The Morgan fingerprint density at radius 2 is 1.85 bits per heavy atom. The van der Waals surface area contributed by atoms with E-state index in [1.807, 2.05) is 20.8 Å². The second kappa shape index (κ2) is 7.02. The van der Waals surface area contributed by atoms with Crippen LogP contribution in [0.5, 0.6) is 0 Å². The number of hydrogen-bond donors (Lipinski definition) is 0. The normalized spacial score (nSPS) is 15.7. The average Bonchev–Trinajstić information content (AvgIpc) is 2.60. The minimum absolute atomic E-state index is 0.0557. The highest BCUT2D eigenvalue weighted by Gasteiger charge is 2.28. The molecule has 0 aliphatic carbocycles. The Labute approximate surface area is 156 Å². The first-order valence-electron chi connectivity index (χ1n) is 8.93. The number of hydrogen-bond acceptors (Lipinski definition) is 5. The minimum atomic E-state index is -0.544. The van der Waals surface area contributed by atoms with Gasteiger partial charge in [-0.05, 0) is 45.7 Å². The molecule has 3 rings (SSSR count). The third-order valence-corrected chi connectivity index (χ3v) is 4.66. The van der Waals surface area contributed by atoms with Crippen LogP contribution in [0.2, 0.25) is 0 Å². The lowest BCUT2D eigenvalue weighted by molar-refractivity contribution is -0.383. The highest BCUT2D eigenvalue weighted by Crippen LogP contribution is 2.26. The molecule has 8 nitrogen and oxygen atoms in total. The summed E-state index contributed by atoms with van der Waals surface area (Å²) in [6.45, 7) is 6.47. The predicted octanol–water partition coefficient (Wildman–Crippen LogP) is 3.48. The summed E-state index contributed by atoms with van der Waals surface area (Å²) in [6, 6.07) is 6.09. The van der Waals surface area contributed by atoms with Crippen LogP contribution in [0.15, 0.2) is 35.3 Å². The summed E-state index contributed by atoms with van der Waals surface area (Å²) in [5.74, 6) is 0. The molecule has 8 heteroatoms. The van der Waals surface area contributed by atoms with Crippen molar-refractivity contribution in [1.82, 2.24) is 9.47 Å². The fourth-order valence-corrected chi connectivity index (χ4v) is 3.38. The van der Waals surface area contributed by atoms with Gasteiger partial charge in [0.05, 0.1) is 15.7 Å². The zero-order valence-electron chi connectivity index (χ0n) is 15.7. The van der Waals surface area contributed by atoms with Crippen molar-refractivity contribution in [3.05, 3.63) is 50.9 Å². The zero-order valence-corrected chi connectivity index (χ0v) is 15.7. The Morgan fingerprint density at radius 1 is 1.19 bits per heavy atom. The van der Waals surface area contributed by atoms with Crippen LogP contribution < -0.4 is 5.56 Å². The van der Waals surface area contributed by atoms with E-state index in [4.69, 9.17) is 4.74 Å². The molecule has 1 aromatic heterocycles. The first-order valence-corrected chi connectivity index (χ1v) is 8.93. The molecule has 2 aromatic rings. The number of rotatable bonds is 2. The summed E-state index contributed by atoms with van der Waals surface area (Å²) in [5.41, 5.74) is -0.860. The monoisotopic (exact) mass is 373 g/mol. The second-order valence-corrected chi connectivity index (χ2v) is 7.72. The molecule has 1 saturated heterocycles. The van der Waals surface area contributed by atoms with Crippen molar-refractivity contribution in [3.8, 4) is 0 Å². The van der Waals surface area contributed by atoms with Crippen LogP contribution >= 0.6 is 0 Å². The number of ether oxygens (including phenoxy) is 1. The van der Waals surface area contributed by atoms with Crippen molar-refractivity contribution in [2.45, 2.75) is 45.3 Å². The Morgan fingerprint density at radius 3 is 2.44 bits per heavy atom. The minimum Gasteiger partial charge on any atom is -0.444 e. The van der Waals surface area contributed by atoms with Crippen LogP contribution in [-0.4, -0.2) is 39.2 Å².